The molecule has 9 heteroatoms. The van der Waals surface area contributed by atoms with Gasteiger partial charge in [-0.3, -0.25) is 9.59 Å². The monoisotopic (exact) mass is 436 g/mol. The number of nitrogens with one attached hydrogen (secondary N) is 3. The molecule has 8 nitrogen and oxygen atoms in total. The van der Waals surface area contributed by atoms with E-state index in [-0.39, 0.29) is 0 Å². The zero-order valence-electron chi connectivity index (χ0n) is 14.8. The number of hydrogen-bond donors (Lipinski definition) is 3. The number of carbonyl (C=O) groups excluding carboxylic acids is 2. The largest absolute Gasteiger partial charge is 0.467 e. The van der Waals surface area contributed by atoms with Crippen molar-refractivity contribution in [3.8, 4) is 0 Å². The van der Waals surface area contributed by atoms with Gasteiger partial charge in [-0.15, -0.1) is 0 Å². The standard InChI is InChI=1S/C18H21BrN4O4/c1-26-8-3-7-20-17(24)18(25)23-22-11-13-10-14(19)5-6-16(13)21-12-15-4-2-9-27-15/h2,4-6,9-11,21H,3,7-8,12H2,1H3,(H,20,24)(H,23,25)/b22-11-. The van der Waals surface area contributed by atoms with Crippen LogP contribution in [0.15, 0.2) is 50.6 Å². The van der Waals surface area contributed by atoms with Gasteiger partial charge in [0.05, 0.1) is 19.0 Å². The van der Waals surface area contributed by atoms with Crippen LogP contribution in [0.5, 0.6) is 0 Å². The Morgan fingerprint density at radius 3 is 2.89 bits per heavy atom. The van der Waals surface area contributed by atoms with Gasteiger partial charge in [0.1, 0.15) is 5.76 Å². The summed E-state index contributed by atoms with van der Waals surface area (Å²) in [5, 5.41) is 9.58. The van der Waals surface area contributed by atoms with Crippen LogP contribution in [0.2, 0.25) is 0 Å². The molecule has 0 aliphatic rings. The molecule has 2 aromatic rings. The molecule has 0 saturated carbocycles. The summed E-state index contributed by atoms with van der Waals surface area (Å²) in [6.07, 6.45) is 3.70. The van der Waals surface area contributed by atoms with Gasteiger partial charge < -0.3 is 19.8 Å². The van der Waals surface area contributed by atoms with Crippen LogP contribution in [0.4, 0.5) is 5.69 Å². The fourth-order valence-electron chi connectivity index (χ4n) is 2.11. The molecule has 0 unspecified atom stereocenters. The van der Waals surface area contributed by atoms with Crippen LogP contribution in [-0.2, 0) is 20.9 Å². The van der Waals surface area contributed by atoms with Gasteiger partial charge in [-0.2, -0.15) is 5.10 Å². The summed E-state index contributed by atoms with van der Waals surface area (Å²) in [5.41, 5.74) is 3.75. The highest BCUT2D eigenvalue weighted by Gasteiger charge is 2.11. The van der Waals surface area contributed by atoms with E-state index in [0.29, 0.717) is 26.1 Å². The van der Waals surface area contributed by atoms with E-state index in [2.05, 4.69) is 37.1 Å². The zero-order valence-corrected chi connectivity index (χ0v) is 16.4. The number of furan rings is 1. The summed E-state index contributed by atoms with van der Waals surface area (Å²) >= 11 is 3.40. The number of hydrogen-bond acceptors (Lipinski definition) is 6. The number of carbonyl (C=O) groups is 2. The minimum Gasteiger partial charge on any atom is -0.467 e. The van der Waals surface area contributed by atoms with Crippen LogP contribution >= 0.6 is 15.9 Å². The second-order valence-corrected chi connectivity index (χ2v) is 6.38. The van der Waals surface area contributed by atoms with Gasteiger partial charge in [0.25, 0.3) is 0 Å². The first-order chi connectivity index (χ1) is 13.1. The molecule has 0 radical (unpaired) electrons. The first kappa shape index (κ1) is 20.7. The van der Waals surface area contributed by atoms with E-state index in [1.807, 2.05) is 30.3 Å². The van der Waals surface area contributed by atoms with E-state index in [9.17, 15) is 9.59 Å². The number of halogens is 1. The van der Waals surface area contributed by atoms with Gasteiger partial charge in [-0.25, -0.2) is 5.43 Å². The molecule has 0 saturated heterocycles. The van der Waals surface area contributed by atoms with E-state index in [4.69, 9.17) is 9.15 Å². The second kappa shape index (κ2) is 11.1. The summed E-state index contributed by atoms with van der Waals surface area (Å²) in [4.78, 5) is 23.4. The predicted molar refractivity (Wildman–Crippen MR) is 105 cm³/mol. The van der Waals surface area contributed by atoms with Gasteiger partial charge in [0, 0.05) is 36.0 Å². The Balaban J connectivity index is 1.90. The lowest BCUT2D eigenvalue weighted by atomic mass is 10.2. The van der Waals surface area contributed by atoms with Crippen molar-refractivity contribution >= 4 is 39.6 Å². The lowest BCUT2D eigenvalue weighted by Crippen LogP contribution is -2.38. The Bertz CT molecular complexity index is 778. The fraction of sp³-hybridized carbons (Fsp3) is 0.278. The number of amides is 2. The topological polar surface area (TPSA) is 105 Å². The van der Waals surface area contributed by atoms with E-state index in [0.717, 1.165) is 21.5 Å². The molecule has 27 heavy (non-hydrogen) atoms. The summed E-state index contributed by atoms with van der Waals surface area (Å²) in [7, 11) is 1.57. The van der Waals surface area contributed by atoms with Crippen molar-refractivity contribution in [2.45, 2.75) is 13.0 Å². The first-order valence-corrected chi connectivity index (χ1v) is 9.05. The van der Waals surface area contributed by atoms with E-state index < -0.39 is 11.8 Å². The van der Waals surface area contributed by atoms with Crippen LogP contribution in [0.25, 0.3) is 0 Å². The maximum absolute atomic E-state index is 11.7. The summed E-state index contributed by atoms with van der Waals surface area (Å²) in [6, 6.07) is 9.28. The van der Waals surface area contributed by atoms with Crippen molar-refractivity contribution in [3.63, 3.8) is 0 Å². The molecular weight excluding hydrogens is 416 g/mol. The Hall–Kier alpha value is -2.65. The van der Waals surface area contributed by atoms with E-state index in [1.54, 1.807) is 13.4 Å². The van der Waals surface area contributed by atoms with Crippen molar-refractivity contribution in [1.82, 2.24) is 10.7 Å². The molecule has 3 N–H and O–H groups in total. The number of nitrogens with zero attached hydrogens (tertiary/aromatic N) is 1. The molecule has 0 aliphatic heterocycles. The third kappa shape index (κ3) is 7.24. The van der Waals surface area contributed by atoms with Gasteiger partial charge >= 0.3 is 11.8 Å². The Morgan fingerprint density at radius 1 is 1.30 bits per heavy atom. The van der Waals surface area contributed by atoms with Crippen LogP contribution in [-0.4, -0.2) is 38.3 Å². The van der Waals surface area contributed by atoms with Crippen molar-refractivity contribution < 1.29 is 18.7 Å². The summed E-state index contributed by atoms with van der Waals surface area (Å²) in [6.45, 7) is 1.37. The zero-order chi connectivity index (χ0) is 19.5. The molecule has 1 aromatic heterocycles. The van der Waals surface area contributed by atoms with Crippen LogP contribution in [0, 0.1) is 0 Å². The number of rotatable bonds is 9. The number of anilines is 1. The molecule has 2 rings (SSSR count). The molecule has 144 valence electrons. The van der Waals surface area contributed by atoms with Crippen molar-refractivity contribution in [1.29, 1.82) is 0 Å². The Kier molecular flexibility index (Phi) is 8.53. The fourth-order valence-corrected chi connectivity index (χ4v) is 2.49. The molecule has 0 aliphatic carbocycles. The number of ether oxygens (including phenoxy) is 1. The maximum Gasteiger partial charge on any atom is 0.329 e. The Labute approximate surface area is 165 Å². The van der Waals surface area contributed by atoms with Gasteiger partial charge in [-0.05, 0) is 36.8 Å². The van der Waals surface area contributed by atoms with E-state index in [1.165, 1.54) is 6.21 Å². The lowest BCUT2D eigenvalue weighted by molar-refractivity contribution is -0.139. The summed E-state index contributed by atoms with van der Waals surface area (Å²) in [5.74, 6) is -0.781. The van der Waals surface area contributed by atoms with Crippen molar-refractivity contribution in [2.24, 2.45) is 5.10 Å². The molecule has 0 atom stereocenters. The number of hydrazone groups is 1. The third-order valence-corrected chi connectivity index (χ3v) is 3.93. The minimum absolute atomic E-state index is 0.357. The molecular formula is C18H21BrN4O4. The van der Waals surface area contributed by atoms with Gasteiger partial charge in [-0.1, -0.05) is 15.9 Å². The van der Waals surface area contributed by atoms with Crippen LogP contribution in [0.3, 0.4) is 0 Å². The molecule has 0 spiro atoms. The van der Waals surface area contributed by atoms with E-state index >= 15 is 0 Å². The average molecular weight is 437 g/mol. The molecule has 2 amide bonds. The lowest BCUT2D eigenvalue weighted by Gasteiger charge is -2.09. The van der Waals surface area contributed by atoms with Crippen LogP contribution in [0.1, 0.15) is 17.7 Å². The summed E-state index contributed by atoms with van der Waals surface area (Å²) < 4.78 is 11.0. The van der Waals surface area contributed by atoms with Crippen LogP contribution < -0.4 is 16.1 Å². The van der Waals surface area contributed by atoms with Crippen molar-refractivity contribution in [2.75, 3.05) is 25.6 Å². The normalized spacial score (nSPS) is 10.7. The van der Waals surface area contributed by atoms with Crippen molar-refractivity contribution in [3.05, 3.63) is 52.4 Å². The smallest absolute Gasteiger partial charge is 0.329 e. The maximum atomic E-state index is 11.7. The predicted octanol–water partition coefficient (Wildman–Crippen LogP) is 2.26. The quantitative estimate of drug-likeness (QED) is 0.242. The average Bonchev–Trinajstić information content (AvgIpc) is 3.18. The molecule has 1 aromatic carbocycles. The molecule has 0 bridgehead atoms. The number of benzene rings is 1. The number of methoxy groups -OCH3 is 1. The first-order valence-electron chi connectivity index (χ1n) is 8.26. The SMILES string of the molecule is COCCCNC(=O)C(=O)N/N=C\c1cc(Br)ccc1NCc1ccco1. The molecule has 0 fully saturated rings. The highest BCUT2D eigenvalue weighted by atomic mass is 79.9. The van der Waals surface area contributed by atoms with Gasteiger partial charge in [0.2, 0.25) is 0 Å². The minimum atomic E-state index is -0.830. The second-order valence-electron chi connectivity index (χ2n) is 5.47. The Morgan fingerprint density at radius 2 is 2.15 bits per heavy atom. The highest BCUT2D eigenvalue weighted by Crippen LogP contribution is 2.20. The van der Waals surface area contributed by atoms with Gasteiger partial charge in [0.15, 0.2) is 0 Å². The molecule has 1 heterocycles. The third-order valence-electron chi connectivity index (χ3n) is 3.43. The highest BCUT2D eigenvalue weighted by molar-refractivity contribution is 9.10.